The largest absolute Gasteiger partial charge is 0.446 e. The van der Waals surface area contributed by atoms with E-state index in [1.54, 1.807) is 0 Å². The Morgan fingerprint density at radius 2 is 2.18 bits per heavy atom. The number of ether oxygens (including phenoxy) is 1. The highest BCUT2D eigenvalue weighted by Gasteiger charge is 2.19. The number of benzene rings is 1. The summed E-state index contributed by atoms with van der Waals surface area (Å²) < 4.78 is 5.31. The van der Waals surface area contributed by atoms with E-state index in [0.717, 1.165) is 36.9 Å². The minimum atomic E-state index is -0.369. The molecule has 0 unspecified atom stereocenters. The third-order valence-electron chi connectivity index (χ3n) is 2.98. The zero-order valence-corrected chi connectivity index (χ0v) is 9.82. The number of carbonyl (C=O) groups is 1. The predicted molar refractivity (Wildman–Crippen MR) is 66.7 cm³/mol. The number of amides is 1. The molecule has 0 heterocycles. The standard InChI is InChI=1S/C13H18N2O2/c14-9-10-4-3-5-11(8-10)15-13(16)17-12-6-1-2-7-12/h3-5,8,12H,1-2,6-7,9,14H2,(H,15,16). The molecule has 2 rings (SSSR count). The number of rotatable bonds is 3. The molecule has 4 nitrogen and oxygen atoms in total. The zero-order chi connectivity index (χ0) is 12.1. The molecule has 1 saturated carbocycles. The number of nitrogens with one attached hydrogen (secondary N) is 1. The summed E-state index contributed by atoms with van der Waals surface area (Å²) in [5, 5.41) is 2.73. The predicted octanol–water partition coefficient (Wildman–Crippen LogP) is 2.64. The summed E-state index contributed by atoms with van der Waals surface area (Å²) in [5.74, 6) is 0. The Kier molecular flexibility index (Phi) is 3.98. The number of hydrogen-bond acceptors (Lipinski definition) is 3. The normalized spacial score (nSPS) is 15.8. The smallest absolute Gasteiger partial charge is 0.411 e. The average molecular weight is 234 g/mol. The van der Waals surface area contributed by atoms with Gasteiger partial charge in [0.2, 0.25) is 0 Å². The van der Waals surface area contributed by atoms with Gasteiger partial charge in [0.1, 0.15) is 6.10 Å². The third kappa shape index (κ3) is 3.46. The van der Waals surface area contributed by atoms with Gasteiger partial charge >= 0.3 is 6.09 Å². The van der Waals surface area contributed by atoms with Crippen molar-refractivity contribution in [1.29, 1.82) is 0 Å². The summed E-state index contributed by atoms with van der Waals surface area (Å²) >= 11 is 0. The first-order valence-corrected chi connectivity index (χ1v) is 6.04. The first-order valence-electron chi connectivity index (χ1n) is 6.04. The van der Waals surface area contributed by atoms with Crippen LogP contribution in [0.25, 0.3) is 0 Å². The van der Waals surface area contributed by atoms with Gasteiger partial charge in [-0.25, -0.2) is 4.79 Å². The molecular formula is C13H18N2O2. The van der Waals surface area contributed by atoms with E-state index in [4.69, 9.17) is 10.5 Å². The molecule has 0 aromatic heterocycles. The first-order chi connectivity index (χ1) is 8.28. The Morgan fingerprint density at radius 1 is 1.41 bits per heavy atom. The number of nitrogens with two attached hydrogens (primary N) is 1. The topological polar surface area (TPSA) is 64.3 Å². The lowest BCUT2D eigenvalue weighted by Gasteiger charge is -2.12. The van der Waals surface area contributed by atoms with Crippen molar-refractivity contribution in [3.63, 3.8) is 0 Å². The molecular weight excluding hydrogens is 216 g/mol. The van der Waals surface area contributed by atoms with Crippen molar-refractivity contribution in [3.05, 3.63) is 29.8 Å². The van der Waals surface area contributed by atoms with E-state index < -0.39 is 0 Å². The van der Waals surface area contributed by atoms with Crippen LogP contribution in [-0.2, 0) is 11.3 Å². The van der Waals surface area contributed by atoms with Crippen LogP contribution in [0.1, 0.15) is 31.2 Å². The van der Waals surface area contributed by atoms with E-state index in [1.165, 1.54) is 0 Å². The number of carbonyl (C=O) groups excluding carboxylic acids is 1. The monoisotopic (exact) mass is 234 g/mol. The van der Waals surface area contributed by atoms with Crippen molar-refractivity contribution in [1.82, 2.24) is 0 Å². The van der Waals surface area contributed by atoms with E-state index >= 15 is 0 Å². The molecule has 1 aliphatic carbocycles. The van der Waals surface area contributed by atoms with E-state index in [9.17, 15) is 4.79 Å². The molecule has 0 aliphatic heterocycles. The van der Waals surface area contributed by atoms with E-state index in [1.807, 2.05) is 24.3 Å². The molecule has 17 heavy (non-hydrogen) atoms. The Morgan fingerprint density at radius 3 is 2.88 bits per heavy atom. The van der Waals surface area contributed by atoms with Crippen molar-refractivity contribution in [2.75, 3.05) is 5.32 Å². The molecule has 3 N–H and O–H groups in total. The van der Waals surface area contributed by atoms with Crippen LogP contribution < -0.4 is 11.1 Å². The number of anilines is 1. The van der Waals surface area contributed by atoms with Gasteiger partial charge in [-0.3, -0.25) is 5.32 Å². The second-order valence-electron chi connectivity index (χ2n) is 4.34. The molecule has 1 aromatic rings. The summed E-state index contributed by atoms with van der Waals surface area (Å²) in [6, 6.07) is 7.48. The Balaban J connectivity index is 1.88. The van der Waals surface area contributed by atoms with Gasteiger partial charge in [-0.15, -0.1) is 0 Å². The highest BCUT2D eigenvalue weighted by Crippen LogP contribution is 2.21. The van der Waals surface area contributed by atoms with Gasteiger partial charge in [0, 0.05) is 12.2 Å². The quantitative estimate of drug-likeness (QED) is 0.845. The van der Waals surface area contributed by atoms with Crippen LogP contribution in [0.2, 0.25) is 0 Å². The fraction of sp³-hybridized carbons (Fsp3) is 0.462. The fourth-order valence-corrected chi connectivity index (χ4v) is 2.08. The van der Waals surface area contributed by atoms with Gasteiger partial charge in [0.25, 0.3) is 0 Å². The lowest BCUT2D eigenvalue weighted by molar-refractivity contribution is 0.114. The van der Waals surface area contributed by atoms with Crippen molar-refractivity contribution in [2.24, 2.45) is 5.73 Å². The van der Waals surface area contributed by atoms with Gasteiger partial charge in [0.15, 0.2) is 0 Å². The molecule has 92 valence electrons. The molecule has 0 radical (unpaired) electrons. The first kappa shape index (κ1) is 11.9. The molecule has 0 saturated heterocycles. The SMILES string of the molecule is NCc1cccc(NC(=O)OC2CCCC2)c1. The second kappa shape index (κ2) is 5.68. The van der Waals surface area contributed by atoms with Gasteiger partial charge in [0.05, 0.1) is 0 Å². The van der Waals surface area contributed by atoms with Gasteiger partial charge in [-0.1, -0.05) is 12.1 Å². The Bertz CT molecular complexity index is 387. The minimum absolute atomic E-state index is 0.0905. The van der Waals surface area contributed by atoms with Crippen LogP contribution in [0, 0.1) is 0 Å². The maximum atomic E-state index is 11.6. The lowest BCUT2D eigenvalue weighted by atomic mass is 10.2. The molecule has 0 atom stereocenters. The van der Waals surface area contributed by atoms with Crippen LogP contribution in [0.4, 0.5) is 10.5 Å². The van der Waals surface area contributed by atoms with Crippen molar-refractivity contribution < 1.29 is 9.53 Å². The third-order valence-corrected chi connectivity index (χ3v) is 2.98. The molecule has 1 aromatic carbocycles. The van der Waals surface area contributed by atoms with Crippen LogP contribution >= 0.6 is 0 Å². The van der Waals surface area contributed by atoms with Crippen LogP contribution in [0.15, 0.2) is 24.3 Å². The van der Waals surface area contributed by atoms with Gasteiger partial charge in [-0.2, -0.15) is 0 Å². The maximum Gasteiger partial charge on any atom is 0.411 e. The highest BCUT2D eigenvalue weighted by atomic mass is 16.6. The van der Waals surface area contributed by atoms with Crippen LogP contribution in [0.3, 0.4) is 0 Å². The number of hydrogen-bond donors (Lipinski definition) is 2. The molecule has 1 amide bonds. The van der Waals surface area contributed by atoms with Gasteiger partial charge < -0.3 is 10.5 Å². The van der Waals surface area contributed by atoms with Gasteiger partial charge in [-0.05, 0) is 43.4 Å². The van der Waals surface area contributed by atoms with E-state index in [-0.39, 0.29) is 12.2 Å². The average Bonchev–Trinajstić information content (AvgIpc) is 2.82. The summed E-state index contributed by atoms with van der Waals surface area (Å²) in [6.07, 6.45) is 3.99. The molecule has 1 aliphatic rings. The summed E-state index contributed by atoms with van der Waals surface area (Å²) in [7, 11) is 0. The fourth-order valence-electron chi connectivity index (χ4n) is 2.08. The summed E-state index contributed by atoms with van der Waals surface area (Å²) in [4.78, 5) is 11.6. The van der Waals surface area contributed by atoms with Crippen LogP contribution in [-0.4, -0.2) is 12.2 Å². The summed E-state index contributed by atoms with van der Waals surface area (Å²) in [6.45, 7) is 0.465. The van der Waals surface area contributed by atoms with E-state index in [2.05, 4.69) is 5.32 Å². The zero-order valence-electron chi connectivity index (χ0n) is 9.82. The maximum absolute atomic E-state index is 11.6. The Labute approximate surface area is 101 Å². The molecule has 1 fully saturated rings. The molecule has 4 heteroatoms. The van der Waals surface area contributed by atoms with E-state index in [0.29, 0.717) is 6.54 Å². The Hall–Kier alpha value is -1.55. The molecule has 0 bridgehead atoms. The van der Waals surface area contributed by atoms with Crippen molar-refractivity contribution in [2.45, 2.75) is 38.3 Å². The summed E-state index contributed by atoms with van der Waals surface area (Å²) in [5.41, 5.74) is 7.26. The lowest BCUT2D eigenvalue weighted by Crippen LogP contribution is -2.20. The van der Waals surface area contributed by atoms with Crippen LogP contribution in [0.5, 0.6) is 0 Å². The second-order valence-corrected chi connectivity index (χ2v) is 4.34. The minimum Gasteiger partial charge on any atom is -0.446 e. The van der Waals surface area contributed by atoms with Crippen molar-refractivity contribution >= 4 is 11.8 Å². The molecule has 0 spiro atoms. The van der Waals surface area contributed by atoms with Crippen molar-refractivity contribution in [3.8, 4) is 0 Å². The highest BCUT2D eigenvalue weighted by molar-refractivity contribution is 5.84.